The van der Waals surface area contributed by atoms with Crippen LogP contribution in [0.3, 0.4) is 0 Å². The number of aryl methyl sites for hydroxylation is 1. The van der Waals surface area contributed by atoms with Crippen molar-refractivity contribution in [2.24, 2.45) is 0 Å². The minimum atomic E-state index is -0.497. The van der Waals surface area contributed by atoms with E-state index in [4.69, 9.17) is 0 Å². The van der Waals surface area contributed by atoms with Gasteiger partial charge in [0.25, 0.3) is 0 Å². The summed E-state index contributed by atoms with van der Waals surface area (Å²) >= 11 is 0. The average molecular weight is 273 g/mol. The molecule has 1 N–H and O–H groups in total. The first-order chi connectivity index (χ1) is 9.54. The van der Waals surface area contributed by atoms with E-state index in [1.165, 1.54) is 30.4 Å². The van der Waals surface area contributed by atoms with Crippen LogP contribution in [0.5, 0.6) is 0 Å². The molecule has 0 saturated heterocycles. The normalized spacial score (nSPS) is 10.8. The third-order valence-corrected chi connectivity index (χ3v) is 2.66. The quantitative estimate of drug-likeness (QED) is 0.844. The Balaban J connectivity index is 2.07. The summed E-state index contributed by atoms with van der Waals surface area (Å²) in [5.41, 5.74) is 1.53. The number of benzene rings is 2. The molecule has 0 aromatic heterocycles. The summed E-state index contributed by atoms with van der Waals surface area (Å²) in [4.78, 5) is 11.7. The van der Waals surface area contributed by atoms with E-state index in [2.05, 4.69) is 5.32 Å². The van der Waals surface area contributed by atoms with Crippen LogP contribution < -0.4 is 5.32 Å². The Morgan fingerprint density at radius 2 is 1.95 bits per heavy atom. The Labute approximate surface area is 115 Å². The van der Waals surface area contributed by atoms with Gasteiger partial charge in [-0.25, -0.2) is 8.78 Å². The lowest BCUT2D eigenvalue weighted by Gasteiger charge is -2.04. The monoisotopic (exact) mass is 273 g/mol. The van der Waals surface area contributed by atoms with E-state index >= 15 is 0 Å². The molecule has 4 heteroatoms. The molecule has 2 aromatic rings. The maximum absolute atomic E-state index is 13.5. The van der Waals surface area contributed by atoms with Crippen molar-refractivity contribution in [2.75, 3.05) is 5.32 Å². The second-order valence-electron chi connectivity index (χ2n) is 4.36. The molecule has 2 rings (SSSR count). The highest BCUT2D eigenvalue weighted by Gasteiger charge is 2.04. The molecule has 0 aliphatic rings. The summed E-state index contributed by atoms with van der Waals surface area (Å²) in [7, 11) is 0. The Hall–Kier alpha value is -2.49. The Kier molecular flexibility index (Phi) is 4.25. The van der Waals surface area contributed by atoms with Gasteiger partial charge in [-0.2, -0.15) is 0 Å². The molecule has 0 unspecified atom stereocenters. The van der Waals surface area contributed by atoms with Crippen LogP contribution in [-0.2, 0) is 4.79 Å². The number of nitrogens with one attached hydrogen (secondary N) is 1. The lowest BCUT2D eigenvalue weighted by molar-refractivity contribution is -0.111. The van der Waals surface area contributed by atoms with E-state index in [9.17, 15) is 13.6 Å². The van der Waals surface area contributed by atoms with E-state index in [-0.39, 0.29) is 11.5 Å². The van der Waals surface area contributed by atoms with E-state index in [0.29, 0.717) is 5.56 Å². The molecule has 0 radical (unpaired) electrons. The maximum Gasteiger partial charge on any atom is 0.248 e. The van der Waals surface area contributed by atoms with Crippen LogP contribution in [0.1, 0.15) is 11.1 Å². The smallest absolute Gasteiger partial charge is 0.248 e. The lowest BCUT2D eigenvalue weighted by Crippen LogP contribution is -2.09. The van der Waals surface area contributed by atoms with Crippen LogP contribution >= 0.6 is 0 Å². The molecule has 0 bridgehead atoms. The minimum Gasteiger partial charge on any atom is -0.320 e. The highest BCUT2D eigenvalue weighted by molar-refractivity contribution is 6.02. The molecule has 20 heavy (non-hydrogen) atoms. The maximum atomic E-state index is 13.5. The molecular formula is C16H13F2NO. The number of anilines is 1. The molecule has 0 saturated carbocycles. The molecule has 0 heterocycles. The Morgan fingerprint density at radius 1 is 1.15 bits per heavy atom. The van der Waals surface area contributed by atoms with Crippen molar-refractivity contribution in [3.05, 3.63) is 71.3 Å². The van der Waals surface area contributed by atoms with Crippen molar-refractivity contribution in [3.63, 3.8) is 0 Å². The van der Waals surface area contributed by atoms with Gasteiger partial charge < -0.3 is 5.32 Å². The molecule has 2 aromatic carbocycles. The first-order valence-electron chi connectivity index (χ1n) is 6.05. The molecule has 0 spiro atoms. The molecule has 1 amide bonds. The third kappa shape index (κ3) is 3.75. The highest BCUT2D eigenvalue weighted by Crippen LogP contribution is 2.15. The molecular weight excluding hydrogens is 260 g/mol. The number of carbonyl (C=O) groups is 1. The van der Waals surface area contributed by atoms with Crippen LogP contribution in [0.25, 0.3) is 6.08 Å². The second-order valence-corrected chi connectivity index (χ2v) is 4.36. The zero-order valence-corrected chi connectivity index (χ0v) is 10.9. The zero-order valence-electron chi connectivity index (χ0n) is 10.9. The van der Waals surface area contributed by atoms with Crippen molar-refractivity contribution in [2.45, 2.75) is 6.92 Å². The predicted molar refractivity (Wildman–Crippen MR) is 75.2 cm³/mol. The van der Waals surface area contributed by atoms with E-state index in [0.717, 1.165) is 5.56 Å². The second kappa shape index (κ2) is 6.10. The molecule has 2 nitrogen and oxygen atoms in total. The van der Waals surface area contributed by atoms with Gasteiger partial charge in [-0.15, -0.1) is 0 Å². The third-order valence-electron chi connectivity index (χ3n) is 2.66. The van der Waals surface area contributed by atoms with Gasteiger partial charge in [0.1, 0.15) is 11.6 Å². The largest absolute Gasteiger partial charge is 0.320 e. The molecule has 0 atom stereocenters. The average Bonchev–Trinajstić information content (AvgIpc) is 2.41. The van der Waals surface area contributed by atoms with Crippen molar-refractivity contribution >= 4 is 17.7 Å². The van der Waals surface area contributed by atoms with Crippen LogP contribution in [0.15, 0.2) is 48.5 Å². The van der Waals surface area contributed by atoms with Crippen molar-refractivity contribution in [3.8, 4) is 0 Å². The van der Waals surface area contributed by atoms with Gasteiger partial charge in [0.05, 0.1) is 5.69 Å². The van der Waals surface area contributed by atoms with E-state index < -0.39 is 11.7 Å². The number of carbonyl (C=O) groups excluding carboxylic acids is 1. The number of hydrogen-bond donors (Lipinski definition) is 1. The number of amides is 1. The van der Waals surface area contributed by atoms with Gasteiger partial charge in [-0.05, 0) is 48.4 Å². The summed E-state index contributed by atoms with van der Waals surface area (Å²) < 4.78 is 26.4. The summed E-state index contributed by atoms with van der Waals surface area (Å²) in [5, 5.41) is 2.44. The number of halogens is 2. The molecule has 102 valence electrons. The van der Waals surface area contributed by atoms with Gasteiger partial charge in [0.2, 0.25) is 5.91 Å². The molecule has 0 aliphatic heterocycles. The van der Waals surface area contributed by atoms with Crippen LogP contribution in [-0.4, -0.2) is 5.91 Å². The predicted octanol–water partition coefficient (Wildman–Crippen LogP) is 3.93. The Morgan fingerprint density at radius 3 is 2.70 bits per heavy atom. The Bertz CT molecular complexity index is 665. The van der Waals surface area contributed by atoms with Gasteiger partial charge in [0, 0.05) is 6.08 Å². The fourth-order valence-corrected chi connectivity index (χ4v) is 1.69. The van der Waals surface area contributed by atoms with Crippen LogP contribution in [0, 0.1) is 18.6 Å². The fraction of sp³-hybridized carbons (Fsp3) is 0.0625. The van der Waals surface area contributed by atoms with Crippen molar-refractivity contribution in [1.82, 2.24) is 0 Å². The van der Waals surface area contributed by atoms with E-state index in [1.54, 1.807) is 31.2 Å². The zero-order chi connectivity index (χ0) is 14.5. The number of rotatable bonds is 3. The highest BCUT2D eigenvalue weighted by atomic mass is 19.1. The van der Waals surface area contributed by atoms with Gasteiger partial charge >= 0.3 is 0 Å². The summed E-state index contributed by atoms with van der Waals surface area (Å²) in [6.07, 6.45) is 2.70. The minimum absolute atomic E-state index is 0.124. The number of hydrogen-bond acceptors (Lipinski definition) is 1. The van der Waals surface area contributed by atoms with Crippen LogP contribution in [0.4, 0.5) is 14.5 Å². The van der Waals surface area contributed by atoms with Gasteiger partial charge in [-0.1, -0.05) is 18.2 Å². The first kappa shape index (κ1) is 13.9. The van der Waals surface area contributed by atoms with Crippen molar-refractivity contribution < 1.29 is 13.6 Å². The van der Waals surface area contributed by atoms with Crippen molar-refractivity contribution in [1.29, 1.82) is 0 Å². The molecule has 0 aliphatic carbocycles. The summed E-state index contributed by atoms with van der Waals surface area (Å²) in [5.74, 6) is -1.35. The first-order valence-corrected chi connectivity index (χ1v) is 6.05. The lowest BCUT2D eigenvalue weighted by atomic mass is 10.2. The SMILES string of the molecule is Cc1ccc(F)c(NC(=O)/C=C/c2cccc(F)c2)c1. The standard InChI is InChI=1S/C16H13F2NO/c1-11-5-7-14(18)15(9-11)19-16(20)8-6-12-3-2-4-13(17)10-12/h2-10H,1H3,(H,19,20)/b8-6+. The van der Waals surface area contributed by atoms with Gasteiger partial charge in [-0.3, -0.25) is 4.79 Å². The fourth-order valence-electron chi connectivity index (χ4n) is 1.69. The molecule has 0 fully saturated rings. The summed E-state index contributed by atoms with van der Waals surface area (Å²) in [6.45, 7) is 1.80. The summed E-state index contributed by atoms with van der Waals surface area (Å²) in [6, 6.07) is 10.3. The topological polar surface area (TPSA) is 29.1 Å². The van der Waals surface area contributed by atoms with E-state index in [1.807, 2.05) is 0 Å². The van der Waals surface area contributed by atoms with Gasteiger partial charge in [0.15, 0.2) is 0 Å². The van der Waals surface area contributed by atoms with Crippen LogP contribution in [0.2, 0.25) is 0 Å².